The maximum atomic E-state index is 10.8. The van der Waals surface area contributed by atoms with Gasteiger partial charge >= 0.3 is 0 Å². The topological polar surface area (TPSA) is 64.4 Å². The summed E-state index contributed by atoms with van der Waals surface area (Å²) in [6.45, 7) is 9.80. The van der Waals surface area contributed by atoms with E-state index in [1.54, 1.807) is 24.3 Å². The van der Waals surface area contributed by atoms with E-state index in [1.165, 1.54) is 5.57 Å². The number of nitrogens with zero attached hydrogens (tertiary/aromatic N) is 1. The number of nitro benzene ring substituents is 1. The molecule has 1 saturated heterocycles. The predicted octanol–water partition coefficient (Wildman–Crippen LogP) is 5.01. The minimum atomic E-state index is -0.376. The van der Waals surface area contributed by atoms with Crippen molar-refractivity contribution in [3.05, 3.63) is 63.7 Å². The van der Waals surface area contributed by atoms with Gasteiger partial charge in [0.25, 0.3) is 5.69 Å². The third-order valence-electron chi connectivity index (χ3n) is 5.75. The van der Waals surface area contributed by atoms with Crippen LogP contribution in [0.4, 0.5) is 5.69 Å². The van der Waals surface area contributed by atoms with Crippen LogP contribution in [0.5, 0.6) is 0 Å². The first-order valence-electron chi connectivity index (χ1n) is 9.87. The van der Waals surface area contributed by atoms with Crippen LogP contribution < -0.4 is 5.32 Å². The molecule has 0 aromatic heterocycles. The molecule has 3 rings (SSSR count). The van der Waals surface area contributed by atoms with Gasteiger partial charge in [-0.15, -0.1) is 0 Å². The highest BCUT2D eigenvalue weighted by Crippen LogP contribution is 2.33. The molecule has 1 aliphatic carbocycles. The van der Waals surface area contributed by atoms with Gasteiger partial charge in [0, 0.05) is 18.7 Å². The van der Waals surface area contributed by atoms with Crippen molar-refractivity contribution in [1.29, 1.82) is 0 Å². The highest BCUT2D eigenvalue weighted by atomic mass is 16.6. The van der Waals surface area contributed by atoms with Crippen LogP contribution in [0.2, 0.25) is 0 Å². The molecule has 1 aliphatic heterocycles. The van der Waals surface area contributed by atoms with Gasteiger partial charge in [0.1, 0.15) is 6.23 Å². The first kappa shape index (κ1) is 19.8. The van der Waals surface area contributed by atoms with Crippen LogP contribution in [0, 0.1) is 33.8 Å². The summed E-state index contributed by atoms with van der Waals surface area (Å²) in [5.74, 6) is 2.21. The molecular formula is C22H30N2O3. The van der Waals surface area contributed by atoms with E-state index >= 15 is 0 Å². The Morgan fingerprint density at radius 3 is 2.56 bits per heavy atom. The Bertz CT molecular complexity index is 724. The summed E-state index contributed by atoms with van der Waals surface area (Å²) in [5.41, 5.74) is 2.48. The zero-order valence-electron chi connectivity index (χ0n) is 16.6. The molecule has 0 radical (unpaired) electrons. The molecule has 5 nitrogen and oxygen atoms in total. The number of hydrogen-bond donors (Lipinski definition) is 1. The molecule has 27 heavy (non-hydrogen) atoms. The van der Waals surface area contributed by atoms with Crippen LogP contribution in [-0.2, 0) is 4.74 Å². The van der Waals surface area contributed by atoms with E-state index in [2.05, 4.69) is 51.2 Å². The summed E-state index contributed by atoms with van der Waals surface area (Å²) in [5, 5.41) is 14.3. The molecule has 0 bridgehead atoms. The maximum absolute atomic E-state index is 10.8. The van der Waals surface area contributed by atoms with Crippen LogP contribution >= 0.6 is 0 Å². The molecule has 5 atom stereocenters. The smallest absolute Gasteiger partial charge is 0.269 e. The van der Waals surface area contributed by atoms with Gasteiger partial charge in [-0.3, -0.25) is 15.4 Å². The van der Waals surface area contributed by atoms with Crippen LogP contribution in [-0.4, -0.2) is 17.7 Å². The molecule has 5 unspecified atom stereocenters. The Morgan fingerprint density at radius 2 is 1.96 bits per heavy atom. The van der Waals surface area contributed by atoms with Crippen molar-refractivity contribution < 1.29 is 9.66 Å². The Kier molecular flexibility index (Phi) is 6.12. The number of non-ortho nitro benzene ring substituents is 1. The lowest BCUT2D eigenvalue weighted by Gasteiger charge is -2.28. The normalized spacial score (nSPS) is 29.0. The Labute approximate surface area is 161 Å². The average Bonchev–Trinajstić information content (AvgIpc) is 3.12. The number of nitro groups is 1. The lowest BCUT2D eigenvalue weighted by Crippen LogP contribution is -2.30. The number of ether oxygens (including phenoxy) is 1. The first-order chi connectivity index (χ1) is 12.8. The van der Waals surface area contributed by atoms with Gasteiger partial charge in [0.2, 0.25) is 0 Å². The molecule has 1 heterocycles. The number of rotatable bonds is 6. The number of hydrogen-bond acceptors (Lipinski definition) is 4. The van der Waals surface area contributed by atoms with Gasteiger partial charge in [0.15, 0.2) is 0 Å². The fourth-order valence-electron chi connectivity index (χ4n) is 4.20. The van der Waals surface area contributed by atoms with Crippen molar-refractivity contribution in [1.82, 2.24) is 5.32 Å². The van der Waals surface area contributed by atoms with E-state index < -0.39 is 0 Å². The molecule has 5 heteroatoms. The van der Waals surface area contributed by atoms with Crippen LogP contribution in [0.3, 0.4) is 0 Å². The van der Waals surface area contributed by atoms with Crippen molar-refractivity contribution >= 4 is 5.69 Å². The van der Waals surface area contributed by atoms with Crippen molar-refractivity contribution in [2.45, 2.75) is 46.4 Å². The standard InChI is InChI=1S/C22H30N2O3/c1-14(2)20-10-5-17(11-15(20)3)12-16(4)22-23-13-21(27-22)18-6-8-19(9-7-18)24(25)26/h5-11,14-16,20-23H,12-13H2,1-4H3. The summed E-state index contributed by atoms with van der Waals surface area (Å²) in [6, 6.07) is 6.66. The van der Waals surface area contributed by atoms with Gasteiger partial charge in [0.05, 0.1) is 11.0 Å². The molecule has 0 spiro atoms. The minimum absolute atomic E-state index is 0.00220. The molecule has 0 saturated carbocycles. The summed E-state index contributed by atoms with van der Waals surface area (Å²) in [7, 11) is 0. The largest absolute Gasteiger partial charge is 0.354 e. The monoisotopic (exact) mass is 370 g/mol. The number of allylic oxidation sites excluding steroid dienone is 4. The highest BCUT2D eigenvalue weighted by molar-refractivity contribution is 5.34. The Hall–Kier alpha value is -1.98. The second kappa shape index (κ2) is 8.36. The summed E-state index contributed by atoms with van der Waals surface area (Å²) in [4.78, 5) is 10.4. The van der Waals surface area contributed by atoms with E-state index in [-0.39, 0.29) is 22.9 Å². The second-order valence-electron chi connectivity index (χ2n) is 8.26. The summed E-state index contributed by atoms with van der Waals surface area (Å²) >= 11 is 0. The molecule has 1 N–H and O–H groups in total. The Balaban J connectivity index is 1.56. The van der Waals surface area contributed by atoms with Crippen molar-refractivity contribution in [3.8, 4) is 0 Å². The van der Waals surface area contributed by atoms with Gasteiger partial charge in [-0.05, 0) is 47.8 Å². The van der Waals surface area contributed by atoms with E-state index in [0.29, 0.717) is 23.7 Å². The quantitative estimate of drug-likeness (QED) is 0.564. The van der Waals surface area contributed by atoms with Crippen molar-refractivity contribution in [2.75, 3.05) is 6.54 Å². The van der Waals surface area contributed by atoms with Crippen LogP contribution in [0.1, 0.15) is 45.8 Å². The summed E-state index contributed by atoms with van der Waals surface area (Å²) < 4.78 is 6.21. The minimum Gasteiger partial charge on any atom is -0.354 e. The fraction of sp³-hybridized carbons (Fsp3) is 0.545. The second-order valence-corrected chi connectivity index (χ2v) is 8.26. The van der Waals surface area contributed by atoms with Gasteiger partial charge in [-0.1, -0.05) is 51.5 Å². The average molecular weight is 370 g/mol. The lowest BCUT2D eigenvalue weighted by atomic mass is 9.79. The third-order valence-corrected chi connectivity index (χ3v) is 5.75. The maximum Gasteiger partial charge on any atom is 0.269 e. The molecule has 1 aromatic rings. The lowest BCUT2D eigenvalue weighted by molar-refractivity contribution is -0.384. The van der Waals surface area contributed by atoms with E-state index in [0.717, 1.165) is 18.5 Å². The molecule has 1 fully saturated rings. The van der Waals surface area contributed by atoms with Gasteiger partial charge in [-0.2, -0.15) is 0 Å². The molecule has 146 valence electrons. The van der Waals surface area contributed by atoms with Gasteiger partial charge < -0.3 is 4.74 Å². The molecule has 2 aliphatic rings. The van der Waals surface area contributed by atoms with Crippen molar-refractivity contribution in [3.63, 3.8) is 0 Å². The zero-order valence-corrected chi connectivity index (χ0v) is 16.6. The zero-order chi connectivity index (χ0) is 19.6. The van der Waals surface area contributed by atoms with Crippen LogP contribution in [0.15, 0.2) is 48.1 Å². The Morgan fingerprint density at radius 1 is 1.26 bits per heavy atom. The van der Waals surface area contributed by atoms with Crippen LogP contribution in [0.25, 0.3) is 0 Å². The van der Waals surface area contributed by atoms with E-state index in [4.69, 9.17) is 4.74 Å². The van der Waals surface area contributed by atoms with E-state index in [9.17, 15) is 10.1 Å². The highest BCUT2D eigenvalue weighted by Gasteiger charge is 2.31. The third kappa shape index (κ3) is 4.66. The fourth-order valence-corrected chi connectivity index (χ4v) is 4.20. The first-order valence-corrected chi connectivity index (χ1v) is 9.87. The van der Waals surface area contributed by atoms with Crippen molar-refractivity contribution in [2.24, 2.45) is 23.7 Å². The molecule has 0 amide bonds. The van der Waals surface area contributed by atoms with E-state index in [1.807, 2.05) is 0 Å². The predicted molar refractivity (Wildman–Crippen MR) is 107 cm³/mol. The summed E-state index contributed by atoms with van der Waals surface area (Å²) in [6.07, 6.45) is 7.97. The van der Waals surface area contributed by atoms with Gasteiger partial charge in [-0.25, -0.2) is 0 Å². The number of nitrogens with one attached hydrogen (secondary N) is 1. The number of benzene rings is 1. The molecular weight excluding hydrogens is 340 g/mol. The SMILES string of the molecule is CC(C)C1C=CC(CC(C)C2NCC(c3ccc([N+](=O)[O-])cc3)O2)=CC1C. The molecule has 1 aromatic carbocycles.